The minimum absolute atomic E-state index is 0.0156. The zero-order chi connectivity index (χ0) is 21.4. The van der Waals surface area contributed by atoms with Crippen LogP contribution in [0, 0.1) is 6.92 Å². The van der Waals surface area contributed by atoms with E-state index in [0.717, 1.165) is 4.57 Å². The molecular formula is C16H27N2O9P. The van der Waals surface area contributed by atoms with E-state index >= 15 is 0 Å². The molecule has 11 nitrogen and oxygen atoms in total. The molecule has 1 aromatic rings. The number of nitrogens with one attached hydrogen (secondary N) is 1. The van der Waals surface area contributed by atoms with Gasteiger partial charge >= 0.3 is 13.3 Å². The maximum absolute atomic E-state index is 12.1. The molecule has 28 heavy (non-hydrogen) atoms. The number of hydrogen-bond donors (Lipinski definition) is 5. The van der Waals surface area contributed by atoms with E-state index in [1.807, 2.05) is 0 Å². The van der Waals surface area contributed by atoms with Crippen molar-refractivity contribution < 1.29 is 34.0 Å². The molecule has 1 aliphatic rings. The lowest BCUT2D eigenvalue weighted by molar-refractivity contribution is -0.0647. The Kier molecular flexibility index (Phi) is 6.72. The minimum Gasteiger partial charge on any atom is -0.388 e. The van der Waals surface area contributed by atoms with Crippen molar-refractivity contribution in [1.82, 2.24) is 9.55 Å². The van der Waals surface area contributed by atoms with Crippen LogP contribution in [-0.4, -0.2) is 59.5 Å². The lowest BCUT2D eigenvalue weighted by Crippen LogP contribution is -2.39. The van der Waals surface area contributed by atoms with Crippen molar-refractivity contribution in [2.24, 2.45) is 0 Å². The summed E-state index contributed by atoms with van der Waals surface area (Å²) in [6.45, 7) is 5.95. The van der Waals surface area contributed by atoms with Crippen LogP contribution in [0.5, 0.6) is 0 Å². The minimum atomic E-state index is -4.33. The highest BCUT2D eigenvalue weighted by atomic mass is 31.2. The molecule has 0 amide bonds. The third-order valence-electron chi connectivity index (χ3n) is 4.57. The van der Waals surface area contributed by atoms with E-state index in [9.17, 15) is 34.4 Å². The molecule has 1 saturated heterocycles. The number of aliphatic hydroxyl groups is 3. The van der Waals surface area contributed by atoms with Crippen LogP contribution in [0.4, 0.5) is 0 Å². The highest BCUT2D eigenvalue weighted by Crippen LogP contribution is 2.52. The van der Waals surface area contributed by atoms with Gasteiger partial charge in [0.2, 0.25) is 0 Å². The number of aromatic nitrogens is 2. The fourth-order valence-corrected chi connectivity index (χ4v) is 4.44. The number of H-pyrrole nitrogens is 1. The molecule has 0 aliphatic carbocycles. The number of aromatic amines is 1. The topological polar surface area (TPSA) is 171 Å². The van der Waals surface area contributed by atoms with Crippen LogP contribution in [0.15, 0.2) is 15.8 Å². The van der Waals surface area contributed by atoms with Crippen molar-refractivity contribution >= 4 is 7.60 Å². The van der Waals surface area contributed by atoms with Crippen molar-refractivity contribution in [2.75, 3.05) is 0 Å². The Balaban J connectivity index is 2.20. The summed E-state index contributed by atoms with van der Waals surface area (Å²) in [7, 11) is -4.33. The van der Waals surface area contributed by atoms with Crippen LogP contribution >= 0.6 is 7.60 Å². The molecule has 5 N–H and O–H groups in total. The van der Waals surface area contributed by atoms with Gasteiger partial charge < -0.3 is 29.5 Å². The number of rotatable bonds is 7. The van der Waals surface area contributed by atoms with Crippen LogP contribution in [0.3, 0.4) is 0 Å². The van der Waals surface area contributed by atoms with Gasteiger partial charge in [0.25, 0.3) is 5.56 Å². The Morgan fingerprint density at radius 2 is 1.96 bits per heavy atom. The predicted molar refractivity (Wildman–Crippen MR) is 97.9 cm³/mol. The molecule has 1 aromatic heterocycles. The Morgan fingerprint density at radius 3 is 2.54 bits per heavy atom. The van der Waals surface area contributed by atoms with Crippen LogP contribution in [-0.2, 0) is 13.8 Å². The fraction of sp³-hybridized carbons (Fsp3) is 0.750. The van der Waals surface area contributed by atoms with E-state index < -0.39 is 54.8 Å². The van der Waals surface area contributed by atoms with E-state index in [2.05, 4.69) is 4.98 Å². The third kappa shape index (κ3) is 4.80. The first-order chi connectivity index (χ1) is 12.8. The number of hydrogen-bond acceptors (Lipinski definition) is 8. The number of aryl methyl sites for hydroxylation is 1. The summed E-state index contributed by atoms with van der Waals surface area (Å²) >= 11 is 0. The maximum Gasteiger partial charge on any atom is 0.356 e. The monoisotopic (exact) mass is 422 g/mol. The zero-order valence-corrected chi connectivity index (χ0v) is 17.0. The summed E-state index contributed by atoms with van der Waals surface area (Å²) in [5, 5.41) is 30.3. The normalized spacial score (nSPS) is 28.9. The molecule has 2 heterocycles. The predicted octanol–water partition coefficient (Wildman–Crippen LogP) is -0.437. The van der Waals surface area contributed by atoms with Gasteiger partial charge in [-0.15, -0.1) is 0 Å². The molecule has 1 fully saturated rings. The van der Waals surface area contributed by atoms with Gasteiger partial charge in [-0.1, -0.05) is 6.92 Å². The quantitative estimate of drug-likeness (QED) is 0.365. The molecule has 160 valence electrons. The fourth-order valence-electron chi connectivity index (χ4n) is 3.07. The van der Waals surface area contributed by atoms with Crippen LogP contribution in [0.25, 0.3) is 0 Å². The summed E-state index contributed by atoms with van der Waals surface area (Å²) in [6.07, 6.45) is -4.08. The molecule has 3 unspecified atom stereocenters. The van der Waals surface area contributed by atoms with Crippen molar-refractivity contribution in [3.8, 4) is 0 Å². The van der Waals surface area contributed by atoms with Crippen LogP contribution in [0.2, 0.25) is 0 Å². The smallest absolute Gasteiger partial charge is 0.356 e. The van der Waals surface area contributed by atoms with Crippen molar-refractivity contribution in [2.45, 2.75) is 76.5 Å². The van der Waals surface area contributed by atoms with Crippen molar-refractivity contribution in [3.63, 3.8) is 0 Å². The van der Waals surface area contributed by atoms with Crippen molar-refractivity contribution in [1.29, 1.82) is 0 Å². The van der Waals surface area contributed by atoms with Gasteiger partial charge in [-0.3, -0.25) is 18.9 Å². The van der Waals surface area contributed by atoms with Crippen LogP contribution < -0.4 is 11.2 Å². The van der Waals surface area contributed by atoms with Crippen molar-refractivity contribution in [3.05, 3.63) is 32.6 Å². The largest absolute Gasteiger partial charge is 0.388 e. The summed E-state index contributed by atoms with van der Waals surface area (Å²) in [6, 6.07) is 0. The maximum atomic E-state index is 12.1. The Hall–Kier alpha value is -1.33. The average Bonchev–Trinajstić information content (AvgIpc) is 2.84. The SMILES string of the molecule is CCC(O)P(=O)(O)OC(C)(C)C[C@H]1OC(n2cc(C)c(=O)[nH]c2=O)[C@H](O)[C@@H]1O. The Bertz CT molecular complexity index is 864. The van der Waals surface area contributed by atoms with E-state index in [1.165, 1.54) is 33.9 Å². The molecule has 1 aliphatic heterocycles. The van der Waals surface area contributed by atoms with Gasteiger partial charge in [0.1, 0.15) is 12.2 Å². The van der Waals surface area contributed by atoms with Crippen LogP contribution in [0.1, 0.15) is 45.4 Å². The Labute approximate surface area is 161 Å². The van der Waals surface area contributed by atoms with Gasteiger partial charge in [0.05, 0.1) is 11.7 Å². The van der Waals surface area contributed by atoms with E-state index in [-0.39, 0.29) is 18.4 Å². The second-order valence-electron chi connectivity index (χ2n) is 7.53. The van der Waals surface area contributed by atoms with Gasteiger partial charge in [-0.25, -0.2) is 4.79 Å². The highest BCUT2D eigenvalue weighted by molar-refractivity contribution is 7.53. The Morgan fingerprint density at radius 1 is 1.36 bits per heavy atom. The standard InChI is InChI=1S/C16H27N2O9P/c1-5-10(19)28(24,25)27-16(3,4)6-9-11(20)12(21)14(26-9)18-7-8(2)13(22)17-15(18)23/h7,9-12,14,19-21H,5-6H2,1-4H3,(H,24,25)(H,17,22,23)/t9-,10?,11-,12-,14?/m1/s1. The summed E-state index contributed by atoms with van der Waals surface area (Å²) < 4.78 is 23.9. The second-order valence-corrected chi connectivity index (χ2v) is 9.44. The highest BCUT2D eigenvalue weighted by Gasteiger charge is 2.47. The van der Waals surface area contributed by atoms with E-state index in [1.54, 1.807) is 0 Å². The van der Waals surface area contributed by atoms with Gasteiger partial charge in [0.15, 0.2) is 12.1 Å². The third-order valence-corrected chi connectivity index (χ3v) is 6.44. The first-order valence-corrected chi connectivity index (χ1v) is 10.5. The number of aliphatic hydroxyl groups excluding tert-OH is 3. The lowest BCUT2D eigenvalue weighted by atomic mass is 9.97. The summed E-state index contributed by atoms with van der Waals surface area (Å²) in [5.41, 5.74) is -2.47. The lowest BCUT2D eigenvalue weighted by Gasteiger charge is -2.32. The number of ether oxygens (including phenoxy) is 1. The summed E-state index contributed by atoms with van der Waals surface area (Å²) in [5.74, 6) is -1.55. The molecule has 6 atom stereocenters. The second kappa shape index (κ2) is 8.19. The molecule has 0 bridgehead atoms. The molecule has 2 rings (SSSR count). The summed E-state index contributed by atoms with van der Waals surface area (Å²) in [4.78, 5) is 35.5. The van der Waals surface area contributed by atoms with E-state index in [4.69, 9.17) is 9.26 Å². The molecule has 0 spiro atoms. The zero-order valence-electron chi connectivity index (χ0n) is 16.1. The first kappa shape index (κ1) is 23.0. The average molecular weight is 422 g/mol. The molecule has 0 radical (unpaired) electrons. The van der Waals surface area contributed by atoms with Gasteiger partial charge in [-0.2, -0.15) is 0 Å². The van der Waals surface area contributed by atoms with Gasteiger partial charge in [-0.05, 0) is 27.2 Å². The first-order valence-electron chi connectivity index (χ1n) is 8.84. The number of nitrogens with zero attached hydrogens (tertiary/aromatic N) is 1. The molecule has 12 heteroatoms. The molecule has 0 saturated carbocycles. The van der Waals surface area contributed by atoms with Gasteiger partial charge in [0, 0.05) is 18.2 Å². The molecular weight excluding hydrogens is 395 g/mol. The molecule has 0 aromatic carbocycles. The van der Waals surface area contributed by atoms with E-state index in [0.29, 0.717) is 0 Å².